The fourth-order valence-electron chi connectivity index (χ4n) is 6.46. The van der Waals surface area contributed by atoms with Gasteiger partial charge >= 0.3 is 0 Å². The molecule has 5 rings (SSSR count). The Kier molecular flexibility index (Phi) is 5.29. The number of methoxy groups -OCH3 is 1. The lowest BCUT2D eigenvalue weighted by molar-refractivity contribution is -0.151. The number of hydrogen-bond donors (Lipinski definition) is 1. The summed E-state index contributed by atoms with van der Waals surface area (Å²) in [5.74, 6) is 2.45. The first-order valence-corrected chi connectivity index (χ1v) is 11.5. The topological polar surface area (TPSA) is 53.0 Å². The number of likely N-dealkylation sites (tertiary alicyclic amines) is 1. The number of nitrogens with zero attached hydrogens (tertiary/aromatic N) is 2. The second kappa shape index (κ2) is 7.92. The average molecular weight is 399 g/mol. The molecular weight excluding hydrogens is 364 g/mol. The molecule has 1 N–H and O–H groups in total. The molecule has 29 heavy (non-hydrogen) atoms. The van der Waals surface area contributed by atoms with Crippen molar-refractivity contribution in [3.63, 3.8) is 0 Å². The third-order valence-corrected chi connectivity index (χ3v) is 7.97. The molecule has 0 radical (unpaired) electrons. The van der Waals surface area contributed by atoms with E-state index in [1.165, 1.54) is 37.8 Å². The van der Waals surface area contributed by atoms with Crippen molar-refractivity contribution < 1.29 is 14.6 Å². The number of piperidine rings is 3. The van der Waals surface area contributed by atoms with Crippen LogP contribution in [0.15, 0.2) is 24.3 Å². The number of fused-ring (bicyclic) bond motifs is 4. The van der Waals surface area contributed by atoms with Gasteiger partial charge in [-0.25, -0.2) is 0 Å². The molecule has 5 heteroatoms. The first-order chi connectivity index (χ1) is 14.1. The summed E-state index contributed by atoms with van der Waals surface area (Å²) in [6.07, 6.45) is 7.24. The van der Waals surface area contributed by atoms with E-state index in [2.05, 4.69) is 28.0 Å². The minimum Gasteiger partial charge on any atom is -0.497 e. The van der Waals surface area contributed by atoms with Crippen molar-refractivity contribution >= 4 is 5.91 Å². The maximum atomic E-state index is 13.1. The van der Waals surface area contributed by atoms with Crippen LogP contribution >= 0.6 is 0 Å². The number of aliphatic hydroxyl groups excluding tert-OH is 1. The number of amides is 1. The van der Waals surface area contributed by atoms with Gasteiger partial charge in [-0.15, -0.1) is 0 Å². The van der Waals surface area contributed by atoms with E-state index >= 15 is 0 Å². The largest absolute Gasteiger partial charge is 0.497 e. The van der Waals surface area contributed by atoms with Crippen LogP contribution in [0.3, 0.4) is 0 Å². The van der Waals surface area contributed by atoms with Crippen LogP contribution in [0.2, 0.25) is 0 Å². The molecule has 0 unspecified atom stereocenters. The number of hydrogen-bond acceptors (Lipinski definition) is 4. The zero-order valence-corrected chi connectivity index (χ0v) is 17.5. The third kappa shape index (κ3) is 3.68. The molecule has 5 nitrogen and oxygen atoms in total. The third-order valence-electron chi connectivity index (χ3n) is 7.97. The van der Waals surface area contributed by atoms with Crippen molar-refractivity contribution in [2.24, 2.45) is 17.8 Å². The van der Waals surface area contributed by atoms with Gasteiger partial charge < -0.3 is 14.7 Å². The predicted molar refractivity (Wildman–Crippen MR) is 112 cm³/mol. The van der Waals surface area contributed by atoms with Gasteiger partial charge in [-0.05, 0) is 74.6 Å². The Morgan fingerprint density at radius 1 is 1.17 bits per heavy atom. The van der Waals surface area contributed by atoms with Gasteiger partial charge in [0.05, 0.1) is 13.2 Å². The highest BCUT2D eigenvalue weighted by molar-refractivity contribution is 5.80. The molecule has 4 fully saturated rings. The molecule has 0 aromatic heterocycles. The lowest BCUT2D eigenvalue weighted by Gasteiger charge is -2.57. The molecule has 4 atom stereocenters. The summed E-state index contributed by atoms with van der Waals surface area (Å²) in [6, 6.07) is 9.62. The van der Waals surface area contributed by atoms with Crippen LogP contribution in [-0.2, 0) is 11.2 Å². The standard InChI is InChI=1S/C24H34N2O3/c1-29-21-6-4-5-16(9-21)10-23-19-11-18(22-7-2-3-8-26(22)23)14-25(15-19)24(28)17-12-20(27)13-17/h4-6,9,17-20,22-23,27H,2-3,7-8,10-15H2,1H3/t17?,18-,19+,20?,22+,23+/m1/s1. The molecule has 1 amide bonds. The molecule has 4 aliphatic rings. The first kappa shape index (κ1) is 19.4. The van der Waals surface area contributed by atoms with E-state index in [1.807, 2.05) is 6.07 Å². The molecule has 3 heterocycles. The van der Waals surface area contributed by atoms with Crippen molar-refractivity contribution in [3.8, 4) is 5.75 Å². The Bertz CT molecular complexity index is 747. The fraction of sp³-hybridized carbons (Fsp3) is 0.708. The van der Waals surface area contributed by atoms with E-state index in [9.17, 15) is 9.90 Å². The molecule has 1 aromatic carbocycles. The Balaban J connectivity index is 1.37. The van der Waals surface area contributed by atoms with Gasteiger partial charge in [0.2, 0.25) is 5.91 Å². The van der Waals surface area contributed by atoms with E-state index < -0.39 is 0 Å². The summed E-state index contributed by atoms with van der Waals surface area (Å²) in [5, 5.41) is 9.64. The summed E-state index contributed by atoms with van der Waals surface area (Å²) >= 11 is 0. The molecule has 2 bridgehead atoms. The maximum absolute atomic E-state index is 13.1. The van der Waals surface area contributed by atoms with Gasteiger partial charge in [-0.1, -0.05) is 18.6 Å². The SMILES string of the molecule is COc1cccc(C[C@H]2[C@H]3C[C@H](CN(C(=O)C4CC(O)C4)C3)[C@@H]3CCCCN32)c1. The Morgan fingerprint density at radius 3 is 2.79 bits per heavy atom. The number of ether oxygens (including phenoxy) is 1. The van der Waals surface area contributed by atoms with Crippen LogP contribution in [-0.4, -0.2) is 65.7 Å². The van der Waals surface area contributed by atoms with Crippen molar-refractivity contribution in [2.75, 3.05) is 26.7 Å². The van der Waals surface area contributed by atoms with E-state index in [0.29, 0.717) is 42.7 Å². The Hall–Kier alpha value is -1.59. The fourth-order valence-corrected chi connectivity index (χ4v) is 6.46. The summed E-state index contributed by atoms with van der Waals surface area (Å²) in [7, 11) is 1.73. The summed E-state index contributed by atoms with van der Waals surface area (Å²) < 4.78 is 5.45. The maximum Gasteiger partial charge on any atom is 0.225 e. The molecule has 158 valence electrons. The van der Waals surface area contributed by atoms with E-state index in [4.69, 9.17) is 4.74 Å². The van der Waals surface area contributed by atoms with Crippen LogP contribution in [0, 0.1) is 17.8 Å². The summed E-state index contributed by atoms with van der Waals surface area (Å²) in [5.41, 5.74) is 1.34. The number of carbonyl (C=O) groups is 1. The van der Waals surface area contributed by atoms with Crippen molar-refractivity contribution in [1.29, 1.82) is 0 Å². The second-order valence-electron chi connectivity index (χ2n) is 9.75. The van der Waals surface area contributed by atoms with Gasteiger partial charge in [-0.2, -0.15) is 0 Å². The molecule has 1 saturated carbocycles. The number of benzene rings is 1. The smallest absolute Gasteiger partial charge is 0.225 e. The van der Waals surface area contributed by atoms with Crippen molar-refractivity contribution in [2.45, 2.75) is 63.1 Å². The van der Waals surface area contributed by atoms with Gasteiger partial charge in [-0.3, -0.25) is 9.69 Å². The van der Waals surface area contributed by atoms with E-state index in [1.54, 1.807) is 7.11 Å². The molecule has 3 saturated heterocycles. The second-order valence-corrected chi connectivity index (χ2v) is 9.75. The molecule has 1 aromatic rings. The van der Waals surface area contributed by atoms with Crippen molar-refractivity contribution in [3.05, 3.63) is 29.8 Å². The first-order valence-electron chi connectivity index (χ1n) is 11.5. The predicted octanol–water partition coefficient (Wildman–Crippen LogP) is 2.71. The van der Waals surface area contributed by atoms with Crippen LogP contribution in [0.25, 0.3) is 0 Å². The lowest BCUT2D eigenvalue weighted by Crippen LogP contribution is -2.65. The van der Waals surface area contributed by atoms with Crippen LogP contribution in [0.5, 0.6) is 5.75 Å². The number of carbonyl (C=O) groups excluding carboxylic acids is 1. The van der Waals surface area contributed by atoms with E-state index in [-0.39, 0.29) is 12.0 Å². The zero-order valence-electron chi connectivity index (χ0n) is 17.5. The Labute approximate surface area is 174 Å². The van der Waals surface area contributed by atoms with Gasteiger partial charge in [0.1, 0.15) is 5.75 Å². The highest BCUT2D eigenvalue weighted by atomic mass is 16.5. The Morgan fingerprint density at radius 2 is 2.00 bits per heavy atom. The molecular formula is C24H34N2O3. The minimum absolute atomic E-state index is 0.0584. The van der Waals surface area contributed by atoms with Crippen molar-refractivity contribution in [1.82, 2.24) is 9.80 Å². The number of aliphatic hydroxyl groups is 1. The zero-order chi connectivity index (χ0) is 20.0. The molecule has 1 aliphatic carbocycles. The highest BCUT2D eigenvalue weighted by Crippen LogP contribution is 2.43. The number of rotatable bonds is 4. The normalized spacial score (nSPS) is 36.8. The van der Waals surface area contributed by atoms with E-state index in [0.717, 1.165) is 25.3 Å². The monoisotopic (exact) mass is 398 g/mol. The van der Waals surface area contributed by atoms with Crippen LogP contribution in [0.4, 0.5) is 0 Å². The lowest BCUT2D eigenvalue weighted by atomic mass is 9.70. The quantitative estimate of drug-likeness (QED) is 0.847. The molecule has 0 spiro atoms. The molecule has 3 aliphatic heterocycles. The minimum atomic E-state index is -0.261. The average Bonchev–Trinajstić information content (AvgIpc) is 2.74. The van der Waals surface area contributed by atoms with Gasteiger partial charge in [0.15, 0.2) is 0 Å². The highest BCUT2D eigenvalue weighted by Gasteiger charge is 2.49. The summed E-state index contributed by atoms with van der Waals surface area (Å²) in [6.45, 7) is 3.02. The van der Waals surface area contributed by atoms with Crippen LogP contribution in [0.1, 0.15) is 44.1 Å². The van der Waals surface area contributed by atoms with Crippen LogP contribution < -0.4 is 4.74 Å². The van der Waals surface area contributed by atoms with Gasteiger partial charge in [0, 0.05) is 31.1 Å². The van der Waals surface area contributed by atoms with Gasteiger partial charge in [0.25, 0.3) is 0 Å². The summed E-state index contributed by atoms with van der Waals surface area (Å²) in [4.78, 5) is 18.0.